The standard InChI is InChI=1S/C15H24N2O2/c1-5-19-14-9-7-6-8-13(14)17-15(18)12(10-16-4)11(2)3/h6-9,11-12,16H,5,10H2,1-4H3,(H,17,18). The van der Waals surface area contributed by atoms with Crippen molar-refractivity contribution in [1.29, 1.82) is 0 Å². The lowest BCUT2D eigenvalue weighted by atomic mass is 9.95. The normalized spacial score (nSPS) is 12.3. The Kier molecular flexibility index (Phi) is 6.36. The van der Waals surface area contributed by atoms with Crippen molar-refractivity contribution in [2.24, 2.45) is 11.8 Å². The zero-order valence-corrected chi connectivity index (χ0v) is 12.2. The van der Waals surface area contributed by atoms with Gasteiger partial charge in [0.05, 0.1) is 18.2 Å². The number of hydrogen-bond acceptors (Lipinski definition) is 3. The molecule has 4 nitrogen and oxygen atoms in total. The SMILES string of the molecule is CCOc1ccccc1NC(=O)C(CNC)C(C)C. The van der Waals surface area contributed by atoms with Crippen LogP contribution < -0.4 is 15.4 Å². The third-order valence-corrected chi connectivity index (χ3v) is 3.01. The molecule has 0 radical (unpaired) electrons. The summed E-state index contributed by atoms with van der Waals surface area (Å²) in [6.45, 7) is 7.28. The van der Waals surface area contributed by atoms with E-state index in [9.17, 15) is 4.79 Å². The number of rotatable bonds is 7. The molecule has 0 spiro atoms. The van der Waals surface area contributed by atoms with Gasteiger partial charge in [-0.1, -0.05) is 26.0 Å². The lowest BCUT2D eigenvalue weighted by Crippen LogP contribution is -2.34. The number of hydrogen-bond donors (Lipinski definition) is 2. The molecular formula is C15H24N2O2. The molecule has 0 heterocycles. The summed E-state index contributed by atoms with van der Waals surface area (Å²) in [5.74, 6) is 0.966. The zero-order valence-electron chi connectivity index (χ0n) is 12.2. The van der Waals surface area contributed by atoms with Gasteiger partial charge in [0.1, 0.15) is 5.75 Å². The summed E-state index contributed by atoms with van der Waals surface area (Å²) in [4.78, 5) is 12.3. The van der Waals surface area contributed by atoms with E-state index in [0.717, 1.165) is 5.69 Å². The van der Waals surface area contributed by atoms with Gasteiger partial charge in [0.2, 0.25) is 5.91 Å². The second-order valence-electron chi connectivity index (χ2n) is 4.83. The number of nitrogens with one attached hydrogen (secondary N) is 2. The Morgan fingerprint density at radius 2 is 2.00 bits per heavy atom. The summed E-state index contributed by atoms with van der Waals surface area (Å²) in [6.07, 6.45) is 0. The minimum atomic E-state index is -0.0558. The molecule has 0 saturated heterocycles. The van der Waals surface area contributed by atoms with Gasteiger partial charge < -0.3 is 15.4 Å². The largest absolute Gasteiger partial charge is 0.492 e. The first-order chi connectivity index (χ1) is 9.10. The van der Waals surface area contributed by atoms with Crippen molar-refractivity contribution < 1.29 is 9.53 Å². The minimum absolute atomic E-state index is 0.0245. The average Bonchev–Trinajstić information content (AvgIpc) is 2.38. The number of amides is 1. The quantitative estimate of drug-likeness (QED) is 0.795. The molecule has 4 heteroatoms. The molecule has 0 fully saturated rings. The van der Waals surface area contributed by atoms with Crippen LogP contribution in [0.4, 0.5) is 5.69 Å². The van der Waals surface area contributed by atoms with Gasteiger partial charge >= 0.3 is 0 Å². The maximum atomic E-state index is 12.3. The first-order valence-electron chi connectivity index (χ1n) is 6.77. The second kappa shape index (κ2) is 7.79. The van der Waals surface area contributed by atoms with Crippen molar-refractivity contribution in [3.8, 4) is 5.75 Å². The van der Waals surface area contributed by atoms with E-state index in [1.807, 2.05) is 38.2 Å². The van der Waals surface area contributed by atoms with Crippen molar-refractivity contribution in [3.05, 3.63) is 24.3 Å². The Hall–Kier alpha value is -1.55. The van der Waals surface area contributed by atoms with Crippen LogP contribution in [0.3, 0.4) is 0 Å². The van der Waals surface area contributed by atoms with Crippen molar-refractivity contribution in [1.82, 2.24) is 5.32 Å². The van der Waals surface area contributed by atoms with Crippen molar-refractivity contribution in [2.75, 3.05) is 25.5 Å². The highest BCUT2D eigenvalue weighted by Crippen LogP contribution is 2.25. The van der Waals surface area contributed by atoms with Gasteiger partial charge in [0.25, 0.3) is 0 Å². The predicted molar refractivity (Wildman–Crippen MR) is 78.5 cm³/mol. The van der Waals surface area contributed by atoms with Crippen LogP contribution in [0.15, 0.2) is 24.3 Å². The molecule has 0 saturated carbocycles. The van der Waals surface area contributed by atoms with Gasteiger partial charge in [-0.05, 0) is 32.0 Å². The molecule has 19 heavy (non-hydrogen) atoms. The molecule has 0 aromatic heterocycles. The highest BCUT2D eigenvalue weighted by atomic mass is 16.5. The number of ether oxygens (including phenoxy) is 1. The number of benzene rings is 1. The van der Waals surface area contributed by atoms with Gasteiger partial charge in [-0.15, -0.1) is 0 Å². The van der Waals surface area contributed by atoms with E-state index in [-0.39, 0.29) is 17.7 Å². The topological polar surface area (TPSA) is 50.4 Å². The summed E-state index contributed by atoms with van der Waals surface area (Å²) in [5.41, 5.74) is 0.733. The molecule has 2 N–H and O–H groups in total. The Morgan fingerprint density at radius 1 is 1.32 bits per heavy atom. The third-order valence-electron chi connectivity index (χ3n) is 3.01. The van der Waals surface area contributed by atoms with Gasteiger partial charge in [0, 0.05) is 6.54 Å². The van der Waals surface area contributed by atoms with E-state index >= 15 is 0 Å². The number of para-hydroxylation sites is 2. The fraction of sp³-hybridized carbons (Fsp3) is 0.533. The van der Waals surface area contributed by atoms with Gasteiger partial charge in [0.15, 0.2) is 0 Å². The molecular weight excluding hydrogens is 240 g/mol. The molecule has 0 aliphatic carbocycles. The highest BCUT2D eigenvalue weighted by Gasteiger charge is 2.22. The van der Waals surface area contributed by atoms with Crippen LogP contribution in [0.1, 0.15) is 20.8 Å². The number of carbonyl (C=O) groups excluding carboxylic acids is 1. The molecule has 0 bridgehead atoms. The smallest absolute Gasteiger partial charge is 0.229 e. The molecule has 1 unspecified atom stereocenters. The van der Waals surface area contributed by atoms with Gasteiger partial charge in [-0.2, -0.15) is 0 Å². The highest BCUT2D eigenvalue weighted by molar-refractivity contribution is 5.94. The van der Waals surface area contributed by atoms with E-state index in [2.05, 4.69) is 24.5 Å². The van der Waals surface area contributed by atoms with Crippen LogP contribution in [0.25, 0.3) is 0 Å². The monoisotopic (exact) mass is 264 g/mol. The van der Waals surface area contributed by atoms with E-state index in [1.54, 1.807) is 0 Å². The van der Waals surface area contributed by atoms with E-state index in [4.69, 9.17) is 4.74 Å². The molecule has 1 atom stereocenters. The van der Waals surface area contributed by atoms with Crippen molar-refractivity contribution in [2.45, 2.75) is 20.8 Å². The molecule has 1 amide bonds. The number of carbonyl (C=O) groups is 1. The summed E-state index contributed by atoms with van der Waals surface area (Å²) in [7, 11) is 1.86. The minimum Gasteiger partial charge on any atom is -0.492 e. The van der Waals surface area contributed by atoms with Crippen LogP contribution in [0, 0.1) is 11.8 Å². The fourth-order valence-electron chi connectivity index (χ4n) is 1.93. The van der Waals surface area contributed by atoms with Crippen LogP contribution in [-0.2, 0) is 4.79 Å². The van der Waals surface area contributed by atoms with Gasteiger partial charge in [-0.3, -0.25) is 4.79 Å². The fourth-order valence-corrected chi connectivity index (χ4v) is 1.93. The average molecular weight is 264 g/mol. The maximum absolute atomic E-state index is 12.3. The first-order valence-corrected chi connectivity index (χ1v) is 6.77. The summed E-state index contributed by atoms with van der Waals surface area (Å²) < 4.78 is 5.51. The molecule has 1 aromatic carbocycles. The number of anilines is 1. The summed E-state index contributed by atoms with van der Waals surface area (Å²) in [6, 6.07) is 7.51. The van der Waals surface area contributed by atoms with E-state index in [0.29, 0.717) is 18.9 Å². The Bertz CT molecular complexity index is 405. The van der Waals surface area contributed by atoms with E-state index < -0.39 is 0 Å². The Balaban J connectivity index is 2.80. The van der Waals surface area contributed by atoms with Crippen molar-refractivity contribution >= 4 is 11.6 Å². The van der Waals surface area contributed by atoms with Crippen LogP contribution in [-0.4, -0.2) is 26.1 Å². The maximum Gasteiger partial charge on any atom is 0.229 e. The van der Waals surface area contributed by atoms with Crippen LogP contribution >= 0.6 is 0 Å². The zero-order chi connectivity index (χ0) is 14.3. The molecule has 1 aromatic rings. The van der Waals surface area contributed by atoms with Gasteiger partial charge in [-0.25, -0.2) is 0 Å². The Morgan fingerprint density at radius 3 is 2.58 bits per heavy atom. The second-order valence-corrected chi connectivity index (χ2v) is 4.83. The molecule has 0 aliphatic heterocycles. The molecule has 0 aliphatic rings. The summed E-state index contributed by atoms with van der Waals surface area (Å²) in [5, 5.41) is 6.02. The first kappa shape index (κ1) is 15.5. The summed E-state index contributed by atoms with van der Waals surface area (Å²) >= 11 is 0. The molecule has 1 rings (SSSR count). The molecule has 106 valence electrons. The van der Waals surface area contributed by atoms with E-state index in [1.165, 1.54) is 0 Å². The third kappa shape index (κ3) is 4.56. The van der Waals surface area contributed by atoms with Crippen LogP contribution in [0.2, 0.25) is 0 Å². The van der Waals surface area contributed by atoms with Crippen molar-refractivity contribution in [3.63, 3.8) is 0 Å². The van der Waals surface area contributed by atoms with Crippen LogP contribution in [0.5, 0.6) is 5.75 Å². The predicted octanol–water partition coefficient (Wildman–Crippen LogP) is 2.52. The lowest BCUT2D eigenvalue weighted by Gasteiger charge is -2.20. The Labute approximate surface area is 115 Å². The lowest BCUT2D eigenvalue weighted by molar-refractivity contribution is -0.120.